The summed E-state index contributed by atoms with van der Waals surface area (Å²) in [6.45, 7) is 0. The van der Waals surface area contributed by atoms with Crippen LogP contribution < -0.4 is 19.5 Å². The Morgan fingerprint density at radius 1 is 0.958 bits per heavy atom. The van der Waals surface area contributed by atoms with Gasteiger partial charge in [-0.15, -0.1) is 0 Å². The van der Waals surface area contributed by atoms with E-state index in [0.29, 0.717) is 28.6 Å². The van der Waals surface area contributed by atoms with Crippen LogP contribution in [0.15, 0.2) is 36.4 Å². The zero-order valence-electron chi connectivity index (χ0n) is 13.5. The topological polar surface area (TPSA) is 85.5 Å². The molecule has 7 heteroatoms. The molecule has 0 bridgehead atoms. The molecule has 0 atom stereocenters. The lowest BCUT2D eigenvalue weighted by Crippen LogP contribution is -2.12. The van der Waals surface area contributed by atoms with Gasteiger partial charge in [-0.1, -0.05) is 0 Å². The lowest BCUT2D eigenvalue weighted by molar-refractivity contribution is 0.102. The molecule has 1 amide bonds. The summed E-state index contributed by atoms with van der Waals surface area (Å²) < 4.78 is 15.6. The SMILES string of the molecule is COc1cc(OC)cc(C(=O)Nc2n[nH]c3ccc(OC)cc23)c1. The van der Waals surface area contributed by atoms with E-state index in [4.69, 9.17) is 14.2 Å². The Kier molecular flexibility index (Phi) is 4.24. The molecule has 0 unspecified atom stereocenters. The number of hydrogen-bond donors (Lipinski definition) is 2. The van der Waals surface area contributed by atoms with Gasteiger partial charge in [0, 0.05) is 17.0 Å². The van der Waals surface area contributed by atoms with Gasteiger partial charge in [0.25, 0.3) is 5.91 Å². The molecular formula is C17H17N3O4. The van der Waals surface area contributed by atoms with Gasteiger partial charge in [-0.25, -0.2) is 0 Å². The summed E-state index contributed by atoms with van der Waals surface area (Å²) in [6.07, 6.45) is 0. The van der Waals surface area contributed by atoms with E-state index in [1.54, 1.807) is 31.4 Å². The van der Waals surface area contributed by atoms with Gasteiger partial charge in [0.15, 0.2) is 5.82 Å². The minimum Gasteiger partial charge on any atom is -0.497 e. The maximum Gasteiger partial charge on any atom is 0.257 e. The minimum atomic E-state index is -0.316. The van der Waals surface area contributed by atoms with Gasteiger partial charge in [-0.05, 0) is 30.3 Å². The number of amides is 1. The second-order valence-electron chi connectivity index (χ2n) is 5.04. The Balaban J connectivity index is 1.92. The summed E-state index contributed by atoms with van der Waals surface area (Å²) in [5.41, 5.74) is 1.21. The molecule has 3 aromatic rings. The number of carbonyl (C=O) groups excluding carboxylic acids is 1. The van der Waals surface area contributed by atoms with Gasteiger partial charge >= 0.3 is 0 Å². The van der Waals surface area contributed by atoms with Crippen LogP contribution in [0.2, 0.25) is 0 Å². The van der Waals surface area contributed by atoms with Crippen LogP contribution in [0.1, 0.15) is 10.4 Å². The number of aromatic nitrogens is 2. The second-order valence-corrected chi connectivity index (χ2v) is 5.04. The molecule has 0 aliphatic carbocycles. The average molecular weight is 327 g/mol. The predicted molar refractivity (Wildman–Crippen MR) is 90.1 cm³/mol. The number of methoxy groups -OCH3 is 3. The van der Waals surface area contributed by atoms with Crippen LogP contribution in [-0.4, -0.2) is 37.4 Å². The largest absolute Gasteiger partial charge is 0.497 e. The Labute approximate surface area is 138 Å². The number of fused-ring (bicyclic) bond motifs is 1. The molecule has 0 fully saturated rings. The van der Waals surface area contributed by atoms with E-state index in [-0.39, 0.29) is 5.91 Å². The first kappa shape index (κ1) is 15.7. The van der Waals surface area contributed by atoms with E-state index in [9.17, 15) is 4.79 Å². The van der Waals surface area contributed by atoms with Gasteiger partial charge in [0.1, 0.15) is 17.2 Å². The fraction of sp³-hybridized carbons (Fsp3) is 0.176. The lowest BCUT2D eigenvalue weighted by atomic mass is 10.1. The van der Waals surface area contributed by atoms with Crippen molar-refractivity contribution in [3.8, 4) is 17.2 Å². The summed E-state index contributed by atoms with van der Waals surface area (Å²) in [5.74, 6) is 1.86. The maximum atomic E-state index is 12.5. The van der Waals surface area contributed by atoms with E-state index in [1.807, 2.05) is 12.1 Å². The van der Waals surface area contributed by atoms with Gasteiger partial charge in [-0.2, -0.15) is 5.10 Å². The number of rotatable bonds is 5. The van der Waals surface area contributed by atoms with E-state index >= 15 is 0 Å². The lowest BCUT2D eigenvalue weighted by Gasteiger charge is -2.08. The van der Waals surface area contributed by atoms with E-state index in [2.05, 4.69) is 15.5 Å². The third-order valence-corrected chi connectivity index (χ3v) is 3.62. The van der Waals surface area contributed by atoms with Crippen molar-refractivity contribution in [2.45, 2.75) is 0 Å². The molecule has 2 aromatic carbocycles. The summed E-state index contributed by atoms with van der Waals surface area (Å²) in [4.78, 5) is 12.5. The number of hydrogen-bond acceptors (Lipinski definition) is 5. The van der Waals surface area contributed by atoms with Crippen molar-refractivity contribution in [3.05, 3.63) is 42.0 Å². The van der Waals surface area contributed by atoms with Gasteiger partial charge < -0.3 is 19.5 Å². The Bertz CT molecular complexity index is 866. The van der Waals surface area contributed by atoms with Crippen molar-refractivity contribution < 1.29 is 19.0 Å². The molecule has 0 radical (unpaired) electrons. The second kappa shape index (κ2) is 6.49. The summed E-state index contributed by atoms with van der Waals surface area (Å²) in [5, 5.41) is 10.6. The third-order valence-electron chi connectivity index (χ3n) is 3.62. The zero-order chi connectivity index (χ0) is 17.1. The number of H-pyrrole nitrogens is 1. The highest BCUT2D eigenvalue weighted by Gasteiger charge is 2.14. The van der Waals surface area contributed by atoms with E-state index in [0.717, 1.165) is 10.9 Å². The Morgan fingerprint density at radius 3 is 2.25 bits per heavy atom. The molecule has 3 rings (SSSR count). The highest BCUT2D eigenvalue weighted by molar-refractivity contribution is 6.08. The number of carbonyl (C=O) groups is 1. The van der Waals surface area contributed by atoms with Crippen molar-refractivity contribution in [1.29, 1.82) is 0 Å². The molecule has 0 aliphatic heterocycles. The summed E-state index contributed by atoms with van der Waals surface area (Å²) in [7, 11) is 4.65. The van der Waals surface area contributed by atoms with Crippen molar-refractivity contribution in [2.75, 3.05) is 26.6 Å². The molecule has 124 valence electrons. The normalized spacial score (nSPS) is 10.5. The zero-order valence-corrected chi connectivity index (χ0v) is 13.5. The van der Waals surface area contributed by atoms with Crippen molar-refractivity contribution in [1.82, 2.24) is 10.2 Å². The van der Waals surface area contributed by atoms with Gasteiger partial charge in [-0.3, -0.25) is 9.89 Å². The van der Waals surface area contributed by atoms with Crippen LogP contribution in [0.4, 0.5) is 5.82 Å². The van der Waals surface area contributed by atoms with Crippen LogP contribution in [0.25, 0.3) is 10.9 Å². The molecule has 0 saturated carbocycles. The number of benzene rings is 2. The number of aromatic amines is 1. The van der Waals surface area contributed by atoms with Gasteiger partial charge in [0.2, 0.25) is 0 Å². The molecule has 2 N–H and O–H groups in total. The summed E-state index contributed by atoms with van der Waals surface area (Å²) >= 11 is 0. The summed E-state index contributed by atoms with van der Waals surface area (Å²) in [6, 6.07) is 10.4. The number of anilines is 1. The van der Waals surface area contributed by atoms with Crippen LogP contribution in [0, 0.1) is 0 Å². The molecule has 1 heterocycles. The first-order valence-corrected chi connectivity index (χ1v) is 7.21. The molecule has 0 saturated heterocycles. The third kappa shape index (κ3) is 2.96. The smallest absolute Gasteiger partial charge is 0.257 e. The first-order valence-electron chi connectivity index (χ1n) is 7.21. The first-order chi connectivity index (χ1) is 11.6. The highest BCUT2D eigenvalue weighted by atomic mass is 16.5. The fourth-order valence-corrected chi connectivity index (χ4v) is 2.33. The van der Waals surface area contributed by atoms with E-state index in [1.165, 1.54) is 14.2 Å². The Hall–Kier alpha value is -3.22. The molecule has 0 spiro atoms. The van der Waals surface area contributed by atoms with Crippen molar-refractivity contribution in [2.24, 2.45) is 0 Å². The maximum absolute atomic E-state index is 12.5. The average Bonchev–Trinajstić information content (AvgIpc) is 3.03. The quantitative estimate of drug-likeness (QED) is 0.752. The molecule has 0 aliphatic rings. The fourth-order valence-electron chi connectivity index (χ4n) is 2.33. The van der Waals surface area contributed by atoms with Crippen LogP contribution in [0.3, 0.4) is 0 Å². The number of ether oxygens (including phenoxy) is 3. The van der Waals surface area contributed by atoms with Crippen LogP contribution in [0.5, 0.6) is 17.2 Å². The molecule has 1 aromatic heterocycles. The highest BCUT2D eigenvalue weighted by Crippen LogP contribution is 2.27. The van der Waals surface area contributed by atoms with E-state index < -0.39 is 0 Å². The molecule has 24 heavy (non-hydrogen) atoms. The number of nitrogens with zero attached hydrogens (tertiary/aromatic N) is 1. The van der Waals surface area contributed by atoms with Crippen LogP contribution >= 0.6 is 0 Å². The number of nitrogens with one attached hydrogen (secondary N) is 2. The Morgan fingerprint density at radius 2 is 1.62 bits per heavy atom. The standard InChI is InChI=1S/C17H17N3O4/c1-22-11-4-5-15-14(9-11)16(20-19-15)18-17(21)10-6-12(23-2)8-13(7-10)24-3/h4-9H,1-3H3,(H2,18,19,20,21). The molecule has 7 nitrogen and oxygen atoms in total. The van der Waals surface area contributed by atoms with Crippen molar-refractivity contribution >= 4 is 22.6 Å². The van der Waals surface area contributed by atoms with Crippen molar-refractivity contribution in [3.63, 3.8) is 0 Å². The van der Waals surface area contributed by atoms with Crippen LogP contribution in [-0.2, 0) is 0 Å². The minimum absolute atomic E-state index is 0.316. The molecular weight excluding hydrogens is 310 g/mol. The monoisotopic (exact) mass is 327 g/mol. The van der Waals surface area contributed by atoms with Gasteiger partial charge in [0.05, 0.1) is 26.8 Å². The predicted octanol–water partition coefficient (Wildman–Crippen LogP) is 2.84.